The summed E-state index contributed by atoms with van der Waals surface area (Å²) in [6, 6.07) is 10.6. The van der Waals surface area contributed by atoms with E-state index in [1.807, 2.05) is 38.1 Å². The first-order valence-electron chi connectivity index (χ1n) is 14.5. The predicted octanol–water partition coefficient (Wildman–Crippen LogP) is 6.38. The van der Waals surface area contributed by atoms with E-state index in [0.717, 1.165) is 48.3 Å². The zero-order valence-corrected chi connectivity index (χ0v) is 25.0. The van der Waals surface area contributed by atoms with Crippen molar-refractivity contribution in [3.05, 3.63) is 35.4 Å². The molecule has 0 amide bonds. The molecule has 0 aliphatic carbocycles. The van der Waals surface area contributed by atoms with Crippen LogP contribution in [0, 0.1) is 22.7 Å². The lowest BCUT2D eigenvalue weighted by Crippen LogP contribution is -2.45. The van der Waals surface area contributed by atoms with Crippen LogP contribution in [0.1, 0.15) is 64.5 Å². The number of fused-ring (bicyclic) bond motifs is 2. The smallest absolute Gasteiger partial charge is 0.260 e. The van der Waals surface area contributed by atoms with Gasteiger partial charge in [0.15, 0.2) is 23.0 Å². The third-order valence-electron chi connectivity index (χ3n) is 8.55. The molecule has 2 aromatic rings. The molecule has 0 spiro atoms. The number of hydrogen-bond acceptors (Lipinski definition) is 8. The Kier molecular flexibility index (Phi) is 9.57. The second-order valence-corrected chi connectivity index (χ2v) is 10.7. The van der Waals surface area contributed by atoms with E-state index in [2.05, 4.69) is 31.9 Å². The molecule has 2 aliphatic heterocycles. The number of nitrogens with zero attached hydrogens (tertiary/aromatic N) is 2. The van der Waals surface area contributed by atoms with Crippen LogP contribution < -0.4 is 28.4 Å². The minimum atomic E-state index is -0.756. The fraction of sp³-hybridized carbons (Fsp3) is 0.594. The quantitative estimate of drug-likeness (QED) is 0.283. The summed E-state index contributed by atoms with van der Waals surface area (Å²) < 4.78 is 36.2. The maximum Gasteiger partial charge on any atom is 0.260 e. The second-order valence-electron chi connectivity index (χ2n) is 10.7. The van der Waals surface area contributed by atoms with Crippen molar-refractivity contribution >= 4 is 0 Å². The van der Waals surface area contributed by atoms with Crippen molar-refractivity contribution < 1.29 is 28.4 Å². The molecule has 0 fully saturated rings. The lowest BCUT2D eigenvalue weighted by atomic mass is 9.71. The normalized spacial score (nSPS) is 18.8. The van der Waals surface area contributed by atoms with Crippen molar-refractivity contribution in [3.8, 4) is 40.6 Å². The number of hydrogen-bond donors (Lipinski definition) is 0. The standard InChI is InChI=1S/C32H44N2O6/c1-8-21(4)32(20-33,31-39-25-15-11-12-16-26(25)40-31)17-13-14-22-18-23-24(19-34(22)5)28(38-10-3)30(36-7)29(35-6)27(23)37-9-2/h11-12,15-16,21-22,31H,8-10,13-14,17-19H2,1-7H3. The fourth-order valence-corrected chi connectivity index (χ4v) is 6.11. The van der Waals surface area contributed by atoms with Crippen LogP contribution >= 0.6 is 0 Å². The average Bonchev–Trinajstić information content (AvgIpc) is 3.41. The molecule has 4 rings (SSSR count). The average molecular weight is 553 g/mol. The maximum absolute atomic E-state index is 10.5. The van der Waals surface area contributed by atoms with Crippen molar-refractivity contribution in [3.63, 3.8) is 0 Å². The van der Waals surface area contributed by atoms with Gasteiger partial charge in [0, 0.05) is 23.7 Å². The Bertz CT molecular complexity index is 1190. The molecule has 0 saturated carbocycles. The van der Waals surface area contributed by atoms with Gasteiger partial charge >= 0.3 is 0 Å². The van der Waals surface area contributed by atoms with Gasteiger partial charge in [0.2, 0.25) is 11.5 Å². The van der Waals surface area contributed by atoms with Crippen LogP contribution in [0.3, 0.4) is 0 Å². The molecule has 0 aromatic heterocycles. The van der Waals surface area contributed by atoms with Gasteiger partial charge in [-0.1, -0.05) is 32.4 Å². The Hall–Kier alpha value is -3.31. The first-order chi connectivity index (χ1) is 19.4. The molecule has 2 aliphatic rings. The maximum atomic E-state index is 10.5. The van der Waals surface area contributed by atoms with Crippen molar-refractivity contribution in [2.75, 3.05) is 34.5 Å². The highest BCUT2D eigenvalue weighted by Gasteiger charge is 2.49. The predicted molar refractivity (Wildman–Crippen MR) is 154 cm³/mol. The number of ether oxygens (including phenoxy) is 6. The highest BCUT2D eigenvalue weighted by atomic mass is 16.7. The van der Waals surface area contributed by atoms with Crippen LogP contribution in [0.4, 0.5) is 0 Å². The zero-order chi connectivity index (χ0) is 28.9. The van der Waals surface area contributed by atoms with E-state index in [1.165, 1.54) is 0 Å². The summed E-state index contributed by atoms with van der Waals surface area (Å²) in [6.45, 7) is 9.94. The Labute approximate surface area is 239 Å². The molecule has 3 atom stereocenters. The number of para-hydroxylation sites is 2. The molecular formula is C32H44N2O6. The van der Waals surface area contributed by atoms with Crippen LogP contribution in [0.5, 0.6) is 34.5 Å². The van der Waals surface area contributed by atoms with Gasteiger partial charge < -0.3 is 28.4 Å². The summed E-state index contributed by atoms with van der Waals surface area (Å²) in [5.74, 6) is 4.12. The van der Waals surface area contributed by atoms with Gasteiger partial charge in [0.05, 0.1) is 33.5 Å². The van der Waals surface area contributed by atoms with Gasteiger partial charge in [0.1, 0.15) is 5.41 Å². The number of rotatable bonds is 13. The van der Waals surface area contributed by atoms with E-state index in [9.17, 15) is 5.26 Å². The van der Waals surface area contributed by atoms with Crippen LogP contribution in [0.2, 0.25) is 0 Å². The van der Waals surface area contributed by atoms with Crippen molar-refractivity contribution in [2.24, 2.45) is 11.3 Å². The molecule has 8 nitrogen and oxygen atoms in total. The zero-order valence-electron chi connectivity index (χ0n) is 25.0. The van der Waals surface area contributed by atoms with E-state index in [1.54, 1.807) is 14.2 Å². The summed E-state index contributed by atoms with van der Waals surface area (Å²) in [5.41, 5.74) is 1.43. The highest BCUT2D eigenvalue weighted by Crippen LogP contribution is 2.52. The Morgan fingerprint density at radius 1 is 0.975 bits per heavy atom. The van der Waals surface area contributed by atoms with E-state index in [4.69, 9.17) is 28.4 Å². The van der Waals surface area contributed by atoms with Crippen molar-refractivity contribution in [2.45, 2.75) is 78.7 Å². The molecule has 0 saturated heterocycles. The van der Waals surface area contributed by atoms with E-state index in [-0.39, 0.29) is 12.0 Å². The summed E-state index contributed by atoms with van der Waals surface area (Å²) in [5, 5.41) is 10.5. The number of nitriles is 1. The Morgan fingerprint density at radius 2 is 1.55 bits per heavy atom. The van der Waals surface area contributed by atoms with Gasteiger partial charge in [-0.2, -0.15) is 5.26 Å². The van der Waals surface area contributed by atoms with Gasteiger partial charge in [-0.15, -0.1) is 0 Å². The lowest BCUT2D eigenvalue weighted by Gasteiger charge is -2.38. The first-order valence-corrected chi connectivity index (χ1v) is 14.5. The molecule has 8 heteroatoms. The SMILES string of the molecule is CCOc1c2c(c(OCC)c(OC)c1OC)CN(C)C(CCCC(C#N)(C(C)CC)C1Oc3ccccc3O1)C2. The monoisotopic (exact) mass is 552 g/mol. The van der Waals surface area contributed by atoms with Crippen LogP contribution in [-0.2, 0) is 13.0 Å². The molecule has 0 bridgehead atoms. The summed E-state index contributed by atoms with van der Waals surface area (Å²) in [6.07, 6.45) is 3.49. The molecule has 3 unspecified atom stereocenters. The third kappa shape index (κ3) is 5.36. The third-order valence-corrected chi connectivity index (χ3v) is 8.55. The second kappa shape index (κ2) is 12.9. The van der Waals surface area contributed by atoms with E-state index < -0.39 is 11.7 Å². The molecule has 218 valence electrons. The number of likely N-dealkylation sites (N-methyl/N-ethyl adjacent to an activating group) is 1. The Morgan fingerprint density at radius 3 is 2.05 bits per heavy atom. The van der Waals surface area contributed by atoms with Gasteiger partial charge in [0.25, 0.3) is 6.29 Å². The highest BCUT2D eigenvalue weighted by molar-refractivity contribution is 5.68. The molecule has 2 aromatic carbocycles. The minimum Gasteiger partial charge on any atom is -0.490 e. The minimum absolute atomic E-state index is 0.108. The number of benzene rings is 2. The van der Waals surface area contributed by atoms with E-state index >= 15 is 0 Å². The van der Waals surface area contributed by atoms with Gasteiger partial charge in [-0.05, 0) is 64.6 Å². The van der Waals surface area contributed by atoms with E-state index in [0.29, 0.717) is 49.2 Å². The molecule has 40 heavy (non-hydrogen) atoms. The van der Waals surface area contributed by atoms with Gasteiger partial charge in [-0.3, -0.25) is 4.90 Å². The molecular weight excluding hydrogens is 508 g/mol. The summed E-state index contributed by atoms with van der Waals surface area (Å²) in [7, 11) is 5.41. The molecule has 2 heterocycles. The lowest BCUT2D eigenvalue weighted by molar-refractivity contribution is -0.0698. The van der Waals surface area contributed by atoms with Crippen LogP contribution in [0.15, 0.2) is 24.3 Å². The van der Waals surface area contributed by atoms with Gasteiger partial charge in [-0.25, -0.2) is 0 Å². The fourth-order valence-electron chi connectivity index (χ4n) is 6.11. The largest absolute Gasteiger partial charge is 0.490 e. The molecule has 0 N–H and O–H groups in total. The van der Waals surface area contributed by atoms with Crippen molar-refractivity contribution in [1.82, 2.24) is 4.90 Å². The summed E-state index contributed by atoms with van der Waals surface area (Å²) in [4.78, 5) is 2.36. The van der Waals surface area contributed by atoms with Crippen LogP contribution in [-0.4, -0.2) is 51.7 Å². The molecule has 0 radical (unpaired) electrons. The first kappa shape index (κ1) is 29.7. The summed E-state index contributed by atoms with van der Waals surface area (Å²) >= 11 is 0. The Balaban J connectivity index is 1.58. The van der Waals surface area contributed by atoms with Crippen LogP contribution in [0.25, 0.3) is 0 Å². The number of methoxy groups -OCH3 is 2. The van der Waals surface area contributed by atoms with Crippen molar-refractivity contribution in [1.29, 1.82) is 5.26 Å². The topological polar surface area (TPSA) is 82.4 Å².